The molecule has 0 atom stereocenters. The monoisotopic (exact) mass is 684 g/mol. The van der Waals surface area contributed by atoms with Crippen LogP contribution in [-0.4, -0.2) is 51.2 Å². The minimum Gasteiger partial charge on any atom is -0.478 e. The number of carbonyl (C=O) groups is 2. The van der Waals surface area contributed by atoms with Gasteiger partial charge in [-0.3, -0.25) is 0 Å². The van der Waals surface area contributed by atoms with Crippen LogP contribution in [0.15, 0.2) is 72.8 Å². The molecule has 0 radical (unpaired) electrons. The van der Waals surface area contributed by atoms with Gasteiger partial charge in [-0.1, -0.05) is 22.7 Å². The third-order valence-electron chi connectivity index (χ3n) is 7.39. The van der Waals surface area contributed by atoms with Crippen LogP contribution in [0, 0.1) is 11.6 Å². The number of hydrogen-bond donors (Lipinski definition) is 4. The van der Waals surface area contributed by atoms with Crippen molar-refractivity contribution in [1.82, 2.24) is 29.1 Å². The highest BCUT2D eigenvalue weighted by atomic mass is 32.1. The van der Waals surface area contributed by atoms with Gasteiger partial charge >= 0.3 is 11.9 Å². The van der Waals surface area contributed by atoms with E-state index in [0.29, 0.717) is 44.2 Å². The lowest BCUT2D eigenvalue weighted by molar-refractivity contribution is 0.0686. The first-order valence-corrected chi connectivity index (χ1v) is 15.7. The molecule has 0 saturated carbocycles. The van der Waals surface area contributed by atoms with Gasteiger partial charge in [-0.25, -0.2) is 38.3 Å². The first-order chi connectivity index (χ1) is 23.0. The number of carboxylic acids is 2. The van der Waals surface area contributed by atoms with Crippen molar-refractivity contribution in [3.63, 3.8) is 0 Å². The number of halogens is 2. The van der Waals surface area contributed by atoms with Crippen LogP contribution in [0.2, 0.25) is 0 Å². The number of anilines is 4. The lowest BCUT2D eigenvalue weighted by Gasteiger charge is -2.02. The number of aryl methyl sites for hydroxylation is 2. The van der Waals surface area contributed by atoms with Crippen LogP contribution in [0.4, 0.5) is 30.9 Å². The second-order valence-electron chi connectivity index (χ2n) is 10.5. The predicted molar refractivity (Wildman–Crippen MR) is 181 cm³/mol. The van der Waals surface area contributed by atoms with Crippen LogP contribution >= 0.6 is 22.7 Å². The van der Waals surface area contributed by atoms with E-state index in [-0.39, 0.29) is 22.8 Å². The third kappa shape index (κ3) is 5.85. The summed E-state index contributed by atoms with van der Waals surface area (Å²) < 4.78 is 31.9. The summed E-state index contributed by atoms with van der Waals surface area (Å²) in [6.07, 6.45) is 0. The molecule has 0 saturated heterocycles. The topological polar surface area (TPSA) is 160 Å². The third-order valence-corrected chi connectivity index (χ3v) is 9.30. The Balaban J connectivity index is 0.000000152. The maximum absolute atomic E-state index is 13.3. The molecule has 8 rings (SSSR count). The van der Waals surface area contributed by atoms with Crippen molar-refractivity contribution in [3.05, 3.63) is 95.6 Å². The number of imidazole rings is 2. The Kier molecular flexibility index (Phi) is 7.65. The van der Waals surface area contributed by atoms with Gasteiger partial charge in [0, 0.05) is 26.2 Å². The Morgan fingerprint density at radius 3 is 1.42 bits per heavy atom. The molecule has 0 unspecified atom stereocenters. The number of hydrogen-bond acceptors (Lipinski definition) is 10. The van der Waals surface area contributed by atoms with E-state index in [9.17, 15) is 18.4 Å². The average molecular weight is 685 g/mol. The van der Waals surface area contributed by atoms with Gasteiger partial charge in [0.05, 0.1) is 53.6 Å². The number of aromatic carboxylic acids is 2. The van der Waals surface area contributed by atoms with E-state index in [1.54, 1.807) is 24.3 Å². The molecule has 16 heteroatoms. The minimum absolute atomic E-state index is 0.183. The molecule has 4 aromatic heterocycles. The van der Waals surface area contributed by atoms with Gasteiger partial charge in [0.1, 0.15) is 11.6 Å². The van der Waals surface area contributed by atoms with Crippen LogP contribution < -0.4 is 10.6 Å². The summed E-state index contributed by atoms with van der Waals surface area (Å²) in [7, 11) is 3.65. The SMILES string of the molecule is Cn1c(Nc2nc3cc(F)ccc3s2)nc2cc(C(=O)O)ccc21.Cn1c(Nc2nc3cc(F)ccc3s2)nc2cc(C(=O)O)ccc21. The van der Waals surface area contributed by atoms with E-state index < -0.39 is 11.9 Å². The Morgan fingerprint density at radius 1 is 0.604 bits per heavy atom. The first kappa shape index (κ1) is 30.6. The maximum atomic E-state index is 13.3. The number of carboxylic acid groups (broad SMARTS) is 2. The Morgan fingerprint density at radius 2 is 1.02 bits per heavy atom. The van der Waals surface area contributed by atoms with E-state index in [1.165, 1.54) is 71.2 Å². The molecule has 8 aromatic rings. The zero-order valence-electron chi connectivity index (χ0n) is 24.9. The summed E-state index contributed by atoms with van der Waals surface area (Å²) in [6, 6.07) is 18.5. The van der Waals surface area contributed by atoms with Crippen LogP contribution in [0.5, 0.6) is 0 Å². The Bertz CT molecular complexity index is 2380. The van der Waals surface area contributed by atoms with E-state index in [2.05, 4.69) is 30.6 Å². The number of aromatic nitrogens is 6. The molecule has 0 aliphatic rings. The molecule has 0 bridgehead atoms. The van der Waals surface area contributed by atoms with Gasteiger partial charge in [-0.15, -0.1) is 0 Å². The molecule has 0 spiro atoms. The lowest BCUT2D eigenvalue weighted by Crippen LogP contribution is -1.98. The molecule has 0 aliphatic heterocycles. The predicted octanol–water partition coefficient (Wildman–Crippen LogP) is 7.53. The molecular weight excluding hydrogens is 663 g/mol. The molecule has 12 nitrogen and oxygen atoms in total. The number of fused-ring (bicyclic) bond motifs is 4. The van der Waals surface area contributed by atoms with Crippen molar-refractivity contribution in [3.8, 4) is 0 Å². The fraction of sp³-hybridized carbons (Fsp3) is 0.0625. The Hall–Kier alpha value is -6.00. The van der Waals surface area contributed by atoms with E-state index >= 15 is 0 Å². The maximum Gasteiger partial charge on any atom is 0.335 e. The smallest absolute Gasteiger partial charge is 0.335 e. The quantitative estimate of drug-likeness (QED) is 0.138. The van der Waals surface area contributed by atoms with Gasteiger partial charge in [-0.2, -0.15) is 0 Å². The van der Waals surface area contributed by atoms with Gasteiger partial charge < -0.3 is 30.0 Å². The normalized spacial score (nSPS) is 11.2. The van der Waals surface area contributed by atoms with Gasteiger partial charge in [0.15, 0.2) is 10.3 Å². The molecule has 4 heterocycles. The summed E-state index contributed by atoms with van der Waals surface area (Å²) in [5.41, 5.74) is 4.28. The molecule has 4 N–H and O–H groups in total. The largest absolute Gasteiger partial charge is 0.478 e. The number of rotatable bonds is 6. The summed E-state index contributed by atoms with van der Waals surface area (Å²) in [6.45, 7) is 0. The number of benzene rings is 4. The number of nitrogens with one attached hydrogen (secondary N) is 2. The van der Waals surface area contributed by atoms with Gasteiger partial charge in [0.25, 0.3) is 0 Å². The highest BCUT2D eigenvalue weighted by molar-refractivity contribution is 7.22. The molecule has 48 heavy (non-hydrogen) atoms. The van der Waals surface area contributed by atoms with Crippen LogP contribution in [-0.2, 0) is 14.1 Å². The van der Waals surface area contributed by atoms with Crippen LogP contribution in [0.1, 0.15) is 20.7 Å². The molecule has 0 aliphatic carbocycles. The summed E-state index contributed by atoms with van der Waals surface area (Å²) in [5.74, 6) is -1.58. The van der Waals surface area contributed by atoms with Crippen molar-refractivity contribution < 1.29 is 28.6 Å². The van der Waals surface area contributed by atoms with Gasteiger partial charge in [-0.05, 0) is 60.7 Å². The molecule has 4 aromatic carbocycles. The lowest BCUT2D eigenvalue weighted by atomic mass is 10.2. The number of nitrogens with zero attached hydrogens (tertiary/aromatic N) is 6. The highest BCUT2D eigenvalue weighted by Crippen LogP contribution is 2.31. The first-order valence-electron chi connectivity index (χ1n) is 14.1. The fourth-order valence-electron chi connectivity index (χ4n) is 4.99. The zero-order valence-corrected chi connectivity index (χ0v) is 26.5. The molecule has 0 amide bonds. The molecule has 0 fully saturated rings. The summed E-state index contributed by atoms with van der Waals surface area (Å²) in [5, 5.41) is 25.5. The van der Waals surface area contributed by atoms with E-state index in [4.69, 9.17) is 10.2 Å². The van der Waals surface area contributed by atoms with Crippen LogP contribution in [0.25, 0.3) is 42.5 Å². The van der Waals surface area contributed by atoms with Crippen molar-refractivity contribution in [1.29, 1.82) is 0 Å². The van der Waals surface area contributed by atoms with Crippen molar-refractivity contribution >= 4 is 99.3 Å². The minimum atomic E-state index is -0.995. The summed E-state index contributed by atoms with van der Waals surface area (Å²) >= 11 is 2.78. The second kappa shape index (κ2) is 12.0. The Labute approximate surface area is 276 Å². The van der Waals surface area contributed by atoms with Crippen molar-refractivity contribution in [2.75, 3.05) is 10.6 Å². The summed E-state index contributed by atoms with van der Waals surface area (Å²) in [4.78, 5) is 39.7. The van der Waals surface area contributed by atoms with Crippen molar-refractivity contribution in [2.45, 2.75) is 0 Å². The molecular formula is C32H22F2N8O4S2. The fourth-order valence-corrected chi connectivity index (χ4v) is 6.67. The van der Waals surface area contributed by atoms with Crippen LogP contribution in [0.3, 0.4) is 0 Å². The zero-order chi connectivity index (χ0) is 33.7. The van der Waals surface area contributed by atoms with Crippen molar-refractivity contribution in [2.24, 2.45) is 14.1 Å². The number of thiazole rings is 2. The molecule has 240 valence electrons. The standard InChI is InChI=1S/2C16H11FN4O2S/c2*1-21-12-4-2-8(14(22)23)6-10(12)18-15(21)20-16-19-11-7-9(17)3-5-13(11)24-16/h2*2-7H,1H3,(H,22,23)(H,18,19,20). The van der Waals surface area contributed by atoms with Gasteiger partial charge in [0.2, 0.25) is 11.9 Å². The highest BCUT2D eigenvalue weighted by Gasteiger charge is 2.15. The van der Waals surface area contributed by atoms with E-state index in [0.717, 1.165) is 20.4 Å². The average Bonchev–Trinajstić information content (AvgIpc) is 3.80. The van der Waals surface area contributed by atoms with E-state index in [1.807, 2.05) is 23.2 Å². The second-order valence-corrected chi connectivity index (χ2v) is 12.6.